The number of benzene rings is 3. The maximum atomic E-state index is 13.2. The molecular weight excluding hydrogens is 448 g/mol. The summed E-state index contributed by atoms with van der Waals surface area (Å²) in [6.45, 7) is 6.92. The van der Waals surface area contributed by atoms with Crippen LogP contribution in [0.3, 0.4) is 0 Å². The lowest BCUT2D eigenvalue weighted by atomic mass is 10.1. The molecule has 0 aliphatic carbocycles. The van der Waals surface area contributed by atoms with Gasteiger partial charge in [0.1, 0.15) is 0 Å². The van der Waals surface area contributed by atoms with Gasteiger partial charge in [0, 0.05) is 42.7 Å². The molecule has 1 saturated heterocycles. The lowest BCUT2D eigenvalue weighted by Gasteiger charge is -2.24. The molecule has 36 heavy (non-hydrogen) atoms. The van der Waals surface area contributed by atoms with Gasteiger partial charge >= 0.3 is 0 Å². The number of para-hydroxylation sites is 1. The zero-order chi connectivity index (χ0) is 24.6. The van der Waals surface area contributed by atoms with Gasteiger partial charge in [0.05, 0.1) is 5.52 Å². The molecule has 0 unspecified atom stereocenters. The number of aryl methyl sites for hydroxylation is 2. The molecule has 7 nitrogen and oxygen atoms in total. The quantitative estimate of drug-likeness (QED) is 0.370. The van der Waals surface area contributed by atoms with Crippen molar-refractivity contribution in [2.75, 3.05) is 31.1 Å². The van der Waals surface area contributed by atoms with Crippen LogP contribution in [0.25, 0.3) is 27.9 Å². The summed E-state index contributed by atoms with van der Waals surface area (Å²) < 4.78 is 2.07. The Balaban J connectivity index is 1.40. The first kappa shape index (κ1) is 22.2. The van der Waals surface area contributed by atoms with E-state index in [0.29, 0.717) is 19.6 Å². The highest BCUT2D eigenvalue weighted by Crippen LogP contribution is 2.29. The van der Waals surface area contributed by atoms with Gasteiger partial charge in [0.2, 0.25) is 5.95 Å². The first-order valence-corrected chi connectivity index (χ1v) is 12.4. The number of amides is 1. The monoisotopic (exact) mass is 476 g/mol. The molecule has 1 aliphatic heterocycles. The Labute approximate surface area is 210 Å². The Morgan fingerprint density at radius 1 is 0.806 bits per heavy atom. The van der Waals surface area contributed by atoms with Gasteiger partial charge in [0.15, 0.2) is 11.5 Å². The van der Waals surface area contributed by atoms with E-state index in [1.807, 2.05) is 60.4 Å². The predicted octanol–water partition coefficient (Wildman–Crippen LogP) is 4.91. The third-order valence-corrected chi connectivity index (χ3v) is 6.87. The summed E-state index contributed by atoms with van der Waals surface area (Å²) in [6.07, 6.45) is 0.857. The number of rotatable bonds is 3. The molecule has 0 N–H and O–H groups in total. The highest BCUT2D eigenvalue weighted by Gasteiger charge is 2.25. The fourth-order valence-electron chi connectivity index (χ4n) is 4.95. The van der Waals surface area contributed by atoms with Crippen LogP contribution >= 0.6 is 0 Å². The summed E-state index contributed by atoms with van der Waals surface area (Å²) in [4.78, 5) is 22.5. The molecule has 3 heterocycles. The molecule has 1 aliphatic rings. The third-order valence-electron chi connectivity index (χ3n) is 6.87. The van der Waals surface area contributed by atoms with E-state index in [1.54, 1.807) is 0 Å². The number of carbonyl (C=O) groups is 1. The maximum Gasteiger partial charge on any atom is 0.253 e. The molecule has 1 fully saturated rings. The number of fused-ring (bicyclic) bond motifs is 3. The summed E-state index contributed by atoms with van der Waals surface area (Å²) in [6, 6.07) is 24.2. The van der Waals surface area contributed by atoms with E-state index in [4.69, 9.17) is 4.98 Å². The number of nitrogens with zero attached hydrogens (tertiary/aromatic N) is 6. The number of hydrogen-bond acceptors (Lipinski definition) is 5. The van der Waals surface area contributed by atoms with Crippen molar-refractivity contribution < 1.29 is 4.79 Å². The van der Waals surface area contributed by atoms with E-state index in [1.165, 1.54) is 5.56 Å². The van der Waals surface area contributed by atoms with Crippen LogP contribution in [0.1, 0.15) is 27.9 Å². The van der Waals surface area contributed by atoms with Crippen LogP contribution in [0.5, 0.6) is 0 Å². The normalized spacial score (nSPS) is 14.4. The highest BCUT2D eigenvalue weighted by molar-refractivity contribution is 5.95. The third kappa shape index (κ3) is 3.96. The average Bonchev–Trinajstić information content (AvgIpc) is 3.20. The summed E-state index contributed by atoms with van der Waals surface area (Å²) in [5, 5.41) is 10.2. The smallest absolute Gasteiger partial charge is 0.253 e. The van der Waals surface area contributed by atoms with E-state index in [2.05, 4.69) is 50.7 Å². The van der Waals surface area contributed by atoms with E-state index in [-0.39, 0.29) is 5.91 Å². The number of anilines is 1. The second kappa shape index (κ2) is 9.07. The van der Waals surface area contributed by atoms with Crippen molar-refractivity contribution in [3.8, 4) is 11.4 Å². The summed E-state index contributed by atoms with van der Waals surface area (Å²) in [5.41, 5.74) is 5.72. The minimum atomic E-state index is 0.0850. The van der Waals surface area contributed by atoms with Crippen molar-refractivity contribution in [2.45, 2.75) is 20.3 Å². The molecule has 2 aromatic heterocycles. The SMILES string of the molecule is Cc1ccc(-c2nnc3c4ccccc4nc(N4CCCN(C(=O)c5cccc(C)c5)CC4)n23)cc1. The Morgan fingerprint density at radius 2 is 1.64 bits per heavy atom. The Morgan fingerprint density at radius 3 is 2.47 bits per heavy atom. The standard InChI is InChI=1S/C29H28N6O/c1-20-11-13-22(14-12-20)26-31-32-27-24-9-3-4-10-25(24)30-29(35(26)27)34-16-6-15-33(17-18-34)28(36)23-8-5-7-21(2)19-23/h3-5,7-14,19H,6,15-18H2,1-2H3. The fourth-order valence-corrected chi connectivity index (χ4v) is 4.95. The second-order valence-corrected chi connectivity index (χ2v) is 9.48. The second-order valence-electron chi connectivity index (χ2n) is 9.48. The van der Waals surface area contributed by atoms with Crippen LogP contribution in [0, 0.1) is 13.8 Å². The van der Waals surface area contributed by atoms with Gasteiger partial charge in [-0.25, -0.2) is 9.38 Å². The Hall–Kier alpha value is -4.26. The topological polar surface area (TPSA) is 66.6 Å². The van der Waals surface area contributed by atoms with Gasteiger partial charge in [-0.2, -0.15) is 0 Å². The first-order valence-electron chi connectivity index (χ1n) is 12.4. The van der Waals surface area contributed by atoms with E-state index in [0.717, 1.165) is 58.0 Å². The molecule has 3 aromatic carbocycles. The van der Waals surface area contributed by atoms with Crippen molar-refractivity contribution in [1.82, 2.24) is 24.5 Å². The number of aromatic nitrogens is 4. The van der Waals surface area contributed by atoms with Gasteiger partial charge < -0.3 is 9.80 Å². The first-order chi connectivity index (χ1) is 17.6. The van der Waals surface area contributed by atoms with E-state index in [9.17, 15) is 4.79 Å². The molecule has 0 saturated carbocycles. The lowest BCUT2D eigenvalue weighted by molar-refractivity contribution is 0.0767. The molecule has 1 amide bonds. The van der Waals surface area contributed by atoms with Crippen molar-refractivity contribution in [1.29, 1.82) is 0 Å². The molecule has 0 spiro atoms. The van der Waals surface area contributed by atoms with Crippen molar-refractivity contribution in [3.63, 3.8) is 0 Å². The van der Waals surface area contributed by atoms with Crippen LogP contribution in [-0.4, -0.2) is 56.6 Å². The van der Waals surface area contributed by atoms with Crippen LogP contribution in [-0.2, 0) is 0 Å². The van der Waals surface area contributed by atoms with Crippen molar-refractivity contribution in [2.24, 2.45) is 0 Å². The molecule has 7 heteroatoms. The van der Waals surface area contributed by atoms with Crippen molar-refractivity contribution in [3.05, 3.63) is 89.5 Å². The predicted molar refractivity (Wildman–Crippen MR) is 142 cm³/mol. The zero-order valence-corrected chi connectivity index (χ0v) is 20.6. The Bertz CT molecular complexity index is 1570. The van der Waals surface area contributed by atoms with Crippen molar-refractivity contribution >= 4 is 28.4 Å². The van der Waals surface area contributed by atoms with E-state index >= 15 is 0 Å². The van der Waals surface area contributed by atoms with Gasteiger partial charge in [0.25, 0.3) is 5.91 Å². The van der Waals surface area contributed by atoms with Gasteiger partial charge in [-0.05, 0) is 44.5 Å². The largest absolute Gasteiger partial charge is 0.340 e. The molecule has 5 aromatic rings. The van der Waals surface area contributed by atoms with Crippen LogP contribution in [0.2, 0.25) is 0 Å². The molecule has 6 rings (SSSR count). The zero-order valence-electron chi connectivity index (χ0n) is 20.6. The Kier molecular flexibility index (Phi) is 5.60. The molecular formula is C29H28N6O. The van der Waals surface area contributed by atoms with Gasteiger partial charge in [-0.15, -0.1) is 10.2 Å². The number of hydrogen-bond donors (Lipinski definition) is 0. The average molecular weight is 477 g/mol. The summed E-state index contributed by atoms with van der Waals surface area (Å²) >= 11 is 0. The van der Waals surface area contributed by atoms with Gasteiger partial charge in [-0.3, -0.25) is 4.79 Å². The molecule has 0 atom stereocenters. The molecule has 180 valence electrons. The van der Waals surface area contributed by atoms with Gasteiger partial charge in [-0.1, -0.05) is 59.7 Å². The lowest BCUT2D eigenvalue weighted by Crippen LogP contribution is -2.36. The molecule has 0 bridgehead atoms. The molecule has 0 radical (unpaired) electrons. The van der Waals surface area contributed by atoms with Crippen LogP contribution in [0.4, 0.5) is 5.95 Å². The minimum Gasteiger partial charge on any atom is -0.340 e. The van der Waals surface area contributed by atoms with Crippen LogP contribution < -0.4 is 4.90 Å². The fraction of sp³-hybridized carbons (Fsp3) is 0.241. The summed E-state index contributed by atoms with van der Waals surface area (Å²) in [5.74, 6) is 1.67. The summed E-state index contributed by atoms with van der Waals surface area (Å²) in [7, 11) is 0. The van der Waals surface area contributed by atoms with Crippen LogP contribution in [0.15, 0.2) is 72.8 Å². The highest BCUT2D eigenvalue weighted by atomic mass is 16.2. The number of carbonyl (C=O) groups excluding carboxylic acids is 1. The minimum absolute atomic E-state index is 0.0850. The maximum absolute atomic E-state index is 13.2. The van der Waals surface area contributed by atoms with E-state index < -0.39 is 0 Å².